The summed E-state index contributed by atoms with van der Waals surface area (Å²) in [5.74, 6) is 0.585. The van der Waals surface area contributed by atoms with Gasteiger partial charge in [0.05, 0.1) is 19.3 Å². The molecule has 0 saturated heterocycles. The number of hydrogen-bond donors (Lipinski definition) is 5. The summed E-state index contributed by atoms with van der Waals surface area (Å²) in [6, 6.07) is 8.32. The molecule has 1 fully saturated rings. The van der Waals surface area contributed by atoms with E-state index in [0.717, 1.165) is 12.8 Å². The number of fused-ring (bicyclic) bond motifs is 1. The Morgan fingerprint density at radius 2 is 2.15 bits per heavy atom. The molecule has 0 aliphatic heterocycles. The van der Waals surface area contributed by atoms with E-state index in [2.05, 4.69) is 35.7 Å². The Kier molecular flexibility index (Phi) is 5.01. The van der Waals surface area contributed by atoms with Crippen LogP contribution in [0.5, 0.6) is 11.6 Å². The first-order valence-corrected chi connectivity index (χ1v) is 10.2. The molecule has 5 N–H and O–H groups in total. The molecule has 5 rings (SSSR count). The summed E-state index contributed by atoms with van der Waals surface area (Å²) in [7, 11) is 1.55. The van der Waals surface area contributed by atoms with Crippen LogP contribution in [0.25, 0.3) is 11.7 Å². The van der Waals surface area contributed by atoms with E-state index >= 15 is 0 Å². The minimum Gasteiger partial charge on any atom is -0.497 e. The lowest BCUT2D eigenvalue weighted by atomic mass is 10.3. The van der Waals surface area contributed by atoms with Crippen molar-refractivity contribution in [2.75, 3.05) is 17.7 Å². The number of amides is 2. The van der Waals surface area contributed by atoms with Crippen LogP contribution >= 0.6 is 0 Å². The molecule has 0 spiro atoms. The number of ether oxygens (including phenoxy) is 1. The van der Waals surface area contributed by atoms with E-state index in [1.165, 1.54) is 6.08 Å². The second-order valence-corrected chi connectivity index (χ2v) is 7.49. The Bertz CT molecular complexity index is 1530. The number of carbonyl (C=O) groups is 1. The van der Waals surface area contributed by atoms with Gasteiger partial charge in [0.15, 0.2) is 11.1 Å². The lowest BCUT2D eigenvalue weighted by Crippen LogP contribution is -2.24. The molecule has 0 atom stereocenters. The second kappa shape index (κ2) is 8.15. The van der Waals surface area contributed by atoms with Gasteiger partial charge in [0.1, 0.15) is 17.3 Å². The van der Waals surface area contributed by atoms with Crippen molar-refractivity contribution in [2.45, 2.75) is 18.9 Å². The van der Waals surface area contributed by atoms with Crippen LogP contribution in [-0.2, 0) is 0 Å². The number of aromatic nitrogens is 5. The third-order valence-electron chi connectivity index (χ3n) is 4.95. The summed E-state index contributed by atoms with van der Waals surface area (Å²) in [6.07, 6.45) is 5.05. The van der Waals surface area contributed by atoms with Gasteiger partial charge in [0, 0.05) is 23.0 Å². The predicted octanol–water partition coefficient (Wildman–Crippen LogP) is 0.715. The Hall–Kier alpha value is -4.61. The first kappa shape index (κ1) is 20.3. The largest absolute Gasteiger partial charge is 0.497 e. The van der Waals surface area contributed by atoms with E-state index in [9.17, 15) is 14.7 Å². The summed E-state index contributed by atoms with van der Waals surface area (Å²) in [5, 5.41) is 20.2. The van der Waals surface area contributed by atoms with E-state index in [4.69, 9.17) is 4.74 Å². The molecular formula is C21H20N8O4. The Morgan fingerprint density at radius 1 is 1.30 bits per heavy atom. The number of rotatable bonds is 5. The SMILES string of the molecule is COc1cccc(NC(=O)Nc2cc(=NC3CC3)n3nc/c(=C/c4[nH]c(=O)[nH]c4O)c3n2)c1. The lowest BCUT2D eigenvalue weighted by Gasteiger charge is -2.08. The number of carbonyl (C=O) groups excluding carboxylic acids is 1. The number of aromatic amines is 2. The van der Waals surface area contributed by atoms with Gasteiger partial charge in [0.25, 0.3) is 0 Å². The van der Waals surface area contributed by atoms with Crippen molar-refractivity contribution in [3.05, 3.63) is 63.4 Å². The monoisotopic (exact) mass is 448 g/mol. The van der Waals surface area contributed by atoms with Crippen molar-refractivity contribution in [2.24, 2.45) is 4.99 Å². The number of methoxy groups -OCH3 is 1. The quantitative estimate of drug-likeness (QED) is 0.302. The number of urea groups is 1. The lowest BCUT2D eigenvalue weighted by molar-refractivity contribution is 0.262. The van der Waals surface area contributed by atoms with Crippen molar-refractivity contribution < 1.29 is 14.6 Å². The summed E-state index contributed by atoms with van der Waals surface area (Å²) < 4.78 is 6.73. The summed E-state index contributed by atoms with van der Waals surface area (Å²) in [4.78, 5) is 37.9. The third-order valence-corrected chi connectivity index (χ3v) is 4.95. The molecule has 2 amide bonds. The van der Waals surface area contributed by atoms with E-state index in [-0.39, 0.29) is 23.4 Å². The van der Waals surface area contributed by atoms with Crippen LogP contribution in [0.1, 0.15) is 18.5 Å². The van der Waals surface area contributed by atoms with E-state index in [1.807, 2.05) is 0 Å². The van der Waals surface area contributed by atoms with Gasteiger partial charge in [-0.2, -0.15) is 9.61 Å². The topological polar surface area (TPSA) is 162 Å². The van der Waals surface area contributed by atoms with Crippen molar-refractivity contribution in [1.29, 1.82) is 0 Å². The highest BCUT2D eigenvalue weighted by Crippen LogP contribution is 2.22. The van der Waals surface area contributed by atoms with Crippen molar-refractivity contribution in [3.63, 3.8) is 0 Å². The molecule has 0 bridgehead atoms. The number of nitrogens with zero attached hydrogens (tertiary/aromatic N) is 4. The maximum absolute atomic E-state index is 12.6. The summed E-state index contributed by atoms with van der Waals surface area (Å²) >= 11 is 0. The normalized spacial score (nSPS) is 14.6. The van der Waals surface area contributed by atoms with Gasteiger partial charge < -0.3 is 20.1 Å². The highest BCUT2D eigenvalue weighted by Gasteiger charge is 2.20. The fraction of sp³-hybridized carbons (Fsp3) is 0.190. The Labute approximate surface area is 185 Å². The number of anilines is 2. The van der Waals surface area contributed by atoms with Crippen LogP contribution in [0.15, 0.2) is 46.3 Å². The van der Waals surface area contributed by atoms with Gasteiger partial charge in [-0.05, 0) is 31.1 Å². The smallest absolute Gasteiger partial charge is 0.326 e. The molecule has 33 heavy (non-hydrogen) atoms. The summed E-state index contributed by atoms with van der Waals surface area (Å²) in [5.41, 5.74) is 1.14. The molecule has 12 nitrogen and oxygen atoms in total. The fourth-order valence-corrected chi connectivity index (χ4v) is 3.24. The van der Waals surface area contributed by atoms with Crippen LogP contribution in [0.2, 0.25) is 0 Å². The van der Waals surface area contributed by atoms with Crippen molar-refractivity contribution >= 4 is 29.3 Å². The summed E-state index contributed by atoms with van der Waals surface area (Å²) in [6.45, 7) is 0. The van der Waals surface area contributed by atoms with Gasteiger partial charge in [0.2, 0.25) is 5.88 Å². The van der Waals surface area contributed by atoms with Gasteiger partial charge in [-0.25, -0.2) is 14.6 Å². The van der Waals surface area contributed by atoms with Crippen LogP contribution < -0.4 is 31.8 Å². The molecule has 0 unspecified atom stereocenters. The molecule has 3 heterocycles. The maximum Gasteiger partial charge on any atom is 0.326 e. The first-order valence-electron chi connectivity index (χ1n) is 10.2. The Balaban J connectivity index is 1.52. The third kappa shape index (κ3) is 4.39. The van der Waals surface area contributed by atoms with Gasteiger partial charge in [-0.1, -0.05) is 6.07 Å². The Morgan fingerprint density at radius 3 is 2.88 bits per heavy atom. The highest BCUT2D eigenvalue weighted by molar-refractivity contribution is 5.99. The molecule has 1 aliphatic carbocycles. The zero-order valence-corrected chi connectivity index (χ0v) is 17.5. The van der Waals surface area contributed by atoms with E-state index in [0.29, 0.717) is 27.8 Å². The van der Waals surface area contributed by atoms with E-state index in [1.54, 1.807) is 48.2 Å². The molecule has 1 aromatic carbocycles. The number of H-pyrrole nitrogens is 2. The highest BCUT2D eigenvalue weighted by atomic mass is 16.5. The van der Waals surface area contributed by atoms with E-state index < -0.39 is 11.7 Å². The number of hydrogen-bond acceptors (Lipinski definition) is 7. The molecule has 0 radical (unpaired) electrons. The molecule has 3 aromatic heterocycles. The molecule has 168 valence electrons. The molecule has 1 saturated carbocycles. The van der Waals surface area contributed by atoms with Crippen LogP contribution in [-0.4, -0.2) is 48.9 Å². The first-order chi connectivity index (χ1) is 16.0. The van der Waals surface area contributed by atoms with Crippen LogP contribution in [0, 0.1) is 0 Å². The number of nitrogens with one attached hydrogen (secondary N) is 4. The molecule has 12 heteroatoms. The number of benzene rings is 1. The molecule has 4 aromatic rings. The second-order valence-electron chi connectivity index (χ2n) is 7.49. The zero-order chi connectivity index (χ0) is 22.9. The zero-order valence-electron chi connectivity index (χ0n) is 17.5. The standard InChI is InChI=1S/C21H20N8O4/c1-33-14-4-2-3-13(8-14)24-20(31)27-16-9-17(23-12-5-6-12)29-18(26-16)11(10-22-29)7-15-19(30)28-21(32)25-15/h2-4,7-10,12,30H,5-6H2,1H3,(H2,24,27,31)(H2,25,28,32)/b11-7-,23-17?. The average molecular weight is 448 g/mol. The van der Waals surface area contributed by atoms with Crippen molar-refractivity contribution in [1.82, 2.24) is 24.6 Å². The maximum atomic E-state index is 12.6. The molecular weight excluding hydrogens is 428 g/mol. The van der Waals surface area contributed by atoms with Crippen molar-refractivity contribution in [3.8, 4) is 11.6 Å². The van der Waals surface area contributed by atoms with Gasteiger partial charge in [-0.15, -0.1) is 0 Å². The predicted molar refractivity (Wildman–Crippen MR) is 119 cm³/mol. The minimum atomic E-state index is -0.538. The van der Waals surface area contributed by atoms with Gasteiger partial charge >= 0.3 is 11.7 Å². The average Bonchev–Trinajstić information content (AvgIpc) is 3.42. The minimum absolute atomic E-state index is 0.187. The number of imidazole rings is 1. The van der Waals surface area contributed by atoms with Crippen LogP contribution in [0.4, 0.5) is 16.3 Å². The van der Waals surface area contributed by atoms with Crippen LogP contribution in [0.3, 0.4) is 0 Å². The molecule has 1 aliphatic rings. The fourth-order valence-electron chi connectivity index (χ4n) is 3.24. The van der Waals surface area contributed by atoms with Gasteiger partial charge in [-0.3, -0.25) is 15.3 Å². The number of aromatic hydroxyl groups is 1.